The highest BCUT2D eigenvalue weighted by molar-refractivity contribution is 5.80. The number of aromatic amines is 1. The number of aryl methyl sites for hydroxylation is 1. The molecule has 8 nitrogen and oxygen atoms in total. The Bertz CT molecular complexity index is 1290. The van der Waals surface area contributed by atoms with Gasteiger partial charge in [-0.15, -0.1) is 11.0 Å². The van der Waals surface area contributed by atoms with Crippen LogP contribution in [0.1, 0.15) is 38.1 Å². The molecule has 4 rings (SSSR count). The van der Waals surface area contributed by atoms with Crippen molar-refractivity contribution in [3.8, 4) is 34.4 Å². The molecule has 4 aromatic rings. The van der Waals surface area contributed by atoms with Gasteiger partial charge in [0, 0.05) is 12.0 Å². The van der Waals surface area contributed by atoms with Crippen LogP contribution in [0.25, 0.3) is 22.5 Å². The number of tetrazole rings is 1. The summed E-state index contributed by atoms with van der Waals surface area (Å²) in [6.07, 6.45) is 2.81. The normalized spacial score (nSPS) is 10.7. The molecule has 0 aliphatic carbocycles. The summed E-state index contributed by atoms with van der Waals surface area (Å²) in [6, 6.07) is 16.2. The van der Waals surface area contributed by atoms with Crippen LogP contribution in [-0.4, -0.2) is 35.0 Å². The number of rotatable bonds is 8. The Hall–Kier alpha value is -3.99. The van der Waals surface area contributed by atoms with Gasteiger partial charge in [0.25, 0.3) is 0 Å². The Balaban J connectivity index is 1.62. The van der Waals surface area contributed by atoms with Crippen molar-refractivity contribution in [1.29, 1.82) is 0 Å². The van der Waals surface area contributed by atoms with Crippen molar-refractivity contribution in [2.75, 3.05) is 0 Å². The van der Waals surface area contributed by atoms with E-state index < -0.39 is 0 Å². The third-order valence-electron chi connectivity index (χ3n) is 5.29. The van der Waals surface area contributed by atoms with Crippen molar-refractivity contribution >= 4 is 0 Å². The molecule has 0 spiro atoms. The van der Waals surface area contributed by atoms with E-state index in [0.717, 1.165) is 47.3 Å². The number of hydrogen-bond acceptors (Lipinski definition) is 5. The lowest BCUT2D eigenvalue weighted by atomic mass is 9.98. The Morgan fingerprint density at radius 1 is 1.06 bits per heavy atom. The minimum absolute atomic E-state index is 0.119. The van der Waals surface area contributed by atoms with Gasteiger partial charge in [-0.1, -0.05) is 67.8 Å². The summed E-state index contributed by atoms with van der Waals surface area (Å²) in [5, 5.41) is 18.8. The Morgan fingerprint density at radius 2 is 1.84 bits per heavy atom. The summed E-state index contributed by atoms with van der Waals surface area (Å²) in [5.41, 5.74) is 3.93. The summed E-state index contributed by atoms with van der Waals surface area (Å²) in [7, 11) is 0. The minimum Gasteiger partial charge on any atom is -0.274 e. The molecule has 8 heteroatoms. The van der Waals surface area contributed by atoms with Gasteiger partial charge < -0.3 is 0 Å². The molecule has 0 unspecified atom stereocenters. The Labute approximate surface area is 186 Å². The van der Waals surface area contributed by atoms with E-state index in [2.05, 4.69) is 56.6 Å². The highest BCUT2D eigenvalue weighted by atomic mass is 16.2. The summed E-state index contributed by atoms with van der Waals surface area (Å²) < 4.78 is 3.22. The zero-order chi connectivity index (χ0) is 22.3. The van der Waals surface area contributed by atoms with Crippen LogP contribution in [0.15, 0.2) is 53.3 Å². The van der Waals surface area contributed by atoms with E-state index in [1.54, 1.807) is 11.5 Å². The monoisotopic (exact) mass is 427 g/mol. The predicted molar refractivity (Wildman–Crippen MR) is 123 cm³/mol. The van der Waals surface area contributed by atoms with Crippen molar-refractivity contribution in [1.82, 2.24) is 35.0 Å². The third-order valence-corrected chi connectivity index (χ3v) is 5.29. The number of H-pyrrole nitrogens is 1. The van der Waals surface area contributed by atoms with Crippen molar-refractivity contribution in [3.05, 3.63) is 70.4 Å². The zero-order valence-electron chi connectivity index (χ0n) is 18.2. The van der Waals surface area contributed by atoms with Gasteiger partial charge in [0.15, 0.2) is 5.82 Å². The van der Waals surface area contributed by atoms with Gasteiger partial charge in [0.2, 0.25) is 0 Å². The zero-order valence-corrected chi connectivity index (χ0v) is 18.2. The van der Waals surface area contributed by atoms with Crippen LogP contribution in [0.5, 0.6) is 0 Å². The van der Waals surface area contributed by atoms with Crippen LogP contribution in [0.4, 0.5) is 0 Å². The van der Waals surface area contributed by atoms with Gasteiger partial charge in [-0.3, -0.25) is 4.57 Å². The largest absolute Gasteiger partial charge is 0.347 e. The number of aromatic nitrogens is 7. The van der Waals surface area contributed by atoms with Crippen molar-refractivity contribution in [3.63, 3.8) is 0 Å². The average molecular weight is 428 g/mol. The molecule has 0 fully saturated rings. The summed E-state index contributed by atoms with van der Waals surface area (Å²) in [4.78, 5) is 12.9. The fourth-order valence-electron chi connectivity index (χ4n) is 3.61. The first kappa shape index (κ1) is 21.2. The van der Waals surface area contributed by atoms with Gasteiger partial charge in [-0.05, 0) is 40.5 Å². The van der Waals surface area contributed by atoms with Gasteiger partial charge in [0.05, 0.1) is 6.54 Å². The molecular formula is C24H25N7O. The van der Waals surface area contributed by atoms with Crippen LogP contribution >= 0.6 is 0 Å². The molecule has 2 heterocycles. The Kier molecular flexibility index (Phi) is 6.56. The van der Waals surface area contributed by atoms with Gasteiger partial charge in [-0.25, -0.2) is 14.6 Å². The lowest BCUT2D eigenvalue weighted by molar-refractivity contribution is 0.656. The van der Waals surface area contributed by atoms with Crippen LogP contribution in [0, 0.1) is 11.8 Å². The van der Waals surface area contributed by atoms with E-state index in [4.69, 9.17) is 0 Å². The molecule has 0 aliphatic rings. The quantitative estimate of drug-likeness (QED) is 0.436. The van der Waals surface area contributed by atoms with Crippen LogP contribution in [0.2, 0.25) is 0 Å². The van der Waals surface area contributed by atoms with Crippen molar-refractivity contribution in [2.45, 2.75) is 46.2 Å². The van der Waals surface area contributed by atoms with Crippen molar-refractivity contribution < 1.29 is 0 Å². The molecule has 0 radical (unpaired) electrons. The second kappa shape index (κ2) is 9.88. The standard InChI is InChI=1S/C24H25N7O/c1-3-5-11-22-27-31(16-6-4-2)24(32)30(22)17-18-12-14-19(15-13-18)20-9-7-8-10-21(20)23-25-28-29-26-23/h7-10,12-15H,3,5,11,16-17H2,1-2H3,(H,25,26,28,29). The molecule has 0 saturated carbocycles. The SMILES string of the molecule is CC#CCn1nc(CCCC)n(Cc2ccc(-c3ccccc3-c3nnn[nH]3)cc2)c1=O. The highest BCUT2D eigenvalue weighted by Gasteiger charge is 2.14. The van der Waals surface area contributed by atoms with Crippen molar-refractivity contribution in [2.24, 2.45) is 0 Å². The molecule has 0 aliphatic heterocycles. The summed E-state index contributed by atoms with van der Waals surface area (Å²) >= 11 is 0. The highest BCUT2D eigenvalue weighted by Crippen LogP contribution is 2.29. The number of nitrogens with zero attached hydrogens (tertiary/aromatic N) is 6. The maximum atomic E-state index is 12.9. The van der Waals surface area contributed by atoms with Crippen LogP contribution in [0.3, 0.4) is 0 Å². The van der Waals surface area contributed by atoms with Crippen LogP contribution < -0.4 is 5.69 Å². The molecule has 162 valence electrons. The first-order valence-electron chi connectivity index (χ1n) is 10.7. The van der Waals surface area contributed by atoms with E-state index >= 15 is 0 Å². The number of hydrogen-bond donors (Lipinski definition) is 1. The minimum atomic E-state index is -0.119. The first-order chi connectivity index (χ1) is 15.7. The lowest BCUT2D eigenvalue weighted by Crippen LogP contribution is -2.25. The lowest BCUT2D eigenvalue weighted by Gasteiger charge is -2.09. The molecule has 0 saturated heterocycles. The molecule has 0 atom stereocenters. The van der Waals surface area contributed by atoms with Crippen LogP contribution in [-0.2, 0) is 19.5 Å². The molecule has 32 heavy (non-hydrogen) atoms. The summed E-state index contributed by atoms with van der Waals surface area (Å²) in [6.45, 7) is 4.69. The molecule has 2 aromatic heterocycles. The second-order valence-electron chi connectivity index (χ2n) is 7.47. The maximum Gasteiger partial charge on any atom is 0.347 e. The molecule has 0 bridgehead atoms. The Morgan fingerprint density at radius 3 is 2.53 bits per heavy atom. The topological polar surface area (TPSA) is 94.3 Å². The predicted octanol–water partition coefficient (Wildman–Crippen LogP) is 3.31. The van der Waals surface area contributed by atoms with Gasteiger partial charge >= 0.3 is 5.69 Å². The molecule has 0 amide bonds. The molecule has 1 N–H and O–H groups in total. The number of nitrogens with one attached hydrogen (secondary N) is 1. The van der Waals surface area contributed by atoms with Gasteiger partial charge in [0.1, 0.15) is 12.4 Å². The summed E-state index contributed by atoms with van der Waals surface area (Å²) in [5.74, 6) is 7.19. The average Bonchev–Trinajstić information content (AvgIpc) is 3.46. The van der Waals surface area contributed by atoms with E-state index in [-0.39, 0.29) is 5.69 Å². The van der Waals surface area contributed by atoms with E-state index in [1.807, 2.05) is 36.4 Å². The smallest absolute Gasteiger partial charge is 0.274 e. The number of unbranched alkanes of at least 4 members (excludes halogenated alkanes) is 1. The number of benzene rings is 2. The van der Waals surface area contributed by atoms with E-state index in [1.165, 1.54) is 4.68 Å². The first-order valence-corrected chi connectivity index (χ1v) is 10.7. The van der Waals surface area contributed by atoms with E-state index in [0.29, 0.717) is 18.9 Å². The van der Waals surface area contributed by atoms with Gasteiger partial charge in [-0.2, -0.15) is 5.10 Å². The second-order valence-corrected chi connectivity index (χ2v) is 7.47. The molecular weight excluding hydrogens is 402 g/mol. The fraction of sp³-hybridized carbons (Fsp3) is 0.292. The third kappa shape index (κ3) is 4.52. The van der Waals surface area contributed by atoms with E-state index in [9.17, 15) is 4.79 Å². The molecule has 2 aromatic carbocycles. The maximum absolute atomic E-state index is 12.9. The fourth-order valence-corrected chi connectivity index (χ4v) is 3.61.